The Morgan fingerprint density at radius 2 is 2.24 bits per heavy atom. The molecule has 0 aliphatic carbocycles. The zero-order chi connectivity index (χ0) is 12.8. The van der Waals surface area contributed by atoms with E-state index in [0.717, 1.165) is 5.33 Å². The van der Waals surface area contributed by atoms with Gasteiger partial charge in [-0.2, -0.15) is 0 Å². The summed E-state index contributed by atoms with van der Waals surface area (Å²) in [7, 11) is 1.51. The van der Waals surface area contributed by atoms with Crippen LogP contribution in [0.25, 0.3) is 0 Å². The quantitative estimate of drug-likeness (QED) is 0.460. The fourth-order valence-corrected chi connectivity index (χ4v) is 1.35. The van der Waals surface area contributed by atoms with Crippen LogP contribution in [-0.2, 0) is 0 Å². The first-order chi connectivity index (χ1) is 8.08. The molecular formula is C11H14BrNO4. The van der Waals surface area contributed by atoms with Crippen LogP contribution in [0.4, 0.5) is 5.69 Å². The van der Waals surface area contributed by atoms with Crippen molar-refractivity contribution in [3.05, 3.63) is 28.3 Å². The molecule has 0 heterocycles. The molecule has 1 atom stereocenters. The molecular weight excluding hydrogens is 290 g/mol. The maximum atomic E-state index is 10.8. The summed E-state index contributed by atoms with van der Waals surface area (Å²) in [5.74, 6) is 1.06. The number of nitrogens with zero attached hydrogens (tertiary/aromatic N) is 1. The molecule has 0 aliphatic rings. The van der Waals surface area contributed by atoms with Crippen molar-refractivity contribution in [1.29, 1.82) is 0 Å². The molecule has 1 unspecified atom stereocenters. The maximum Gasteiger partial charge on any atom is 0.311 e. The Hall–Kier alpha value is -1.30. The third kappa shape index (κ3) is 3.89. The first kappa shape index (κ1) is 13.8. The molecule has 94 valence electrons. The topological polar surface area (TPSA) is 61.6 Å². The van der Waals surface area contributed by atoms with Gasteiger partial charge in [-0.3, -0.25) is 10.1 Å². The molecule has 0 bridgehead atoms. The number of ether oxygens (including phenoxy) is 2. The van der Waals surface area contributed by atoms with Gasteiger partial charge in [0.25, 0.3) is 0 Å². The first-order valence-electron chi connectivity index (χ1n) is 5.09. The smallest absolute Gasteiger partial charge is 0.311 e. The van der Waals surface area contributed by atoms with Crippen LogP contribution in [0.2, 0.25) is 0 Å². The lowest BCUT2D eigenvalue weighted by molar-refractivity contribution is -0.385. The number of benzene rings is 1. The predicted molar refractivity (Wildman–Crippen MR) is 68.1 cm³/mol. The van der Waals surface area contributed by atoms with Gasteiger partial charge in [-0.25, -0.2) is 0 Å². The van der Waals surface area contributed by atoms with Gasteiger partial charge in [0, 0.05) is 17.5 Å². The third-order valence-corrected chi connectivity index (χ3v) is 3.26. The SMILES string of the molecule is COc1ccc([N+](=O)[O-])c(OCC(C)CBr)c1. The van der Waals surface area contributed by atoms with Crippen molar-refractivity contribution in [1.82, 2.24) is 0 Å². The van der Waals surface area contributed by atoms with Crippen molar-refractivity contribution < 1.29 is 14.4 Å². The van der Waals surface area contributed by atoms with E-state index < -0.39 is 4.92 Å². The summed E-state index contributed by atoms with van der Waals surface area (Å²) in [5.41, 5.74) is -0.0485. The summed E-state index contributed by atoms with van der Waals surface area (Å²) in [5, 5.41) is 11.6. The van der Waals surface area contributed by atoms with Crippen LogP contribution in [0.15, 0.2) is 18.2 Å². The van der Waals surface area contributed by atoms with Gasteiger partial charge >= 0.3 is 5.69 Å². The van der Waals surface area contributed by atoms with Crippen molar-refractivity contribution in [3.8, 4) is 11.5 Å². The molecule has 0 N–H and O–H groups in total. The molecule has 0 saturated heterocycles. The average molecular weight is 304 g/mol. The van der Waals surface area contributed by atoms with Gasteiger partial charge in [0.15, 0.2) is 0 Å². The lowest BCUT2D eigenvalue weighted by Crippen LogP contribution is -2.10. The van der Waals surface area contributed by atoms with E-state index in [1.54, 1.807) is 6.07 Å². The summed E-state index contributed by atoms with van der Waals surface area (Å²) >= 11 is 3.33. The van der Waals surface area contributed by atoms with E-state index >= 15 is 0 Å². The van der Waals surface area contributed by atoms with Gasteiger partial charge in [-0.1, -0.05) is 22.9 Å². The lowest BCUT2D eigenvalue weighted by Gasteiger charge is -2.11. The zero-order valence-corrected chi connectivity index (χ0v) is 11.3. The molecule has 6 heteroatoms. The number of hydrogen-bond donors (Lipinski definition) is 0. The Morgan fingerprint density at radius 1 is 1.53 bits per heavy atom. The number of alkyl halides is 1. The van der Waals surface area contributed by atoms with Crippen molar-refractivity contribution in [2.75, 3.05) is 19.0 Å². The van der Waals surface area contributed by atoms with Crippen molar-refractivity contribution in [2.45, 2.75) is 6.92 Å². The Morgan fingerprint density at radius 3 is 2.76 bits per heavy atom. The van der Waals surface area contributed by atoms with Gasteiger partial charge in [0.2, 0.25) is 5.75 Å². The summed E-state index contributed by atoms with van der Waals surface area (Å²) in [6.45, 7) is 2.40. The molecule has 0 aromatic heterocycles. The minimum atomic E-state index is -0.465. The van der Waals surface area contributed by atoms with E-state index in [9.17, 15) is 10.1 Å². The van der Waals surface area contributed by atoms with Crippen LogP contribution in [-0.4, -0.2) is 24.0 Å². The number of nitro benzene ring substituents is 1. The first-order valence-corrected chi connectivity index (χ1v) is 6.21. The second-order valence-electron chi connectivity index (χ2n) is 3.66. The lowest BCUT2D eigenvalue weighted by atomic mass is 10.2. The predicted octanol–water partition coefficient (Wildman–Crippen LogP) is 3.01. The van der Waals surface area contributed by atoms with Crippen LogP contribution in [0.1, 0.15) is 6.92 Å². The molecule has 0 aliphatic heterocycles. The standard InChI is InChI=1S/C11H14BrNO4/c1-8(6-12)7-17-11-5-9(16-2)3-4-10(11)13(14)15/h3-5,8H,6-7H2,1-2H3. The van der Waals surface area contributed by atoms with Crippen molar-refractivity contribution >= 4 is 21.6 Å². The van der Waals surface area contributed by atoms with E-state index in [2.05, 4.69) is 15.9 Å². The fraction of sp³-hybridized carbons (Fsp3) is 0.455. The Balaban J connectivity index is 2.89. The van der Waals surface area contributed by atoms with Crippen LogP contribution >= 0.6 is 15.9 Å². The molecule has 1 aromatic rings. The second kappa shape index (κ2) is 6.44. The largest absolute Gasteiger partial charge is 0.497 e. The Labute approximate surface area is 108 Å². The summed E-state index contributed by atoms with van der Waals surface area (Å²) < 4.78 is 10.5. The molecule has 17 heavy (non-hydrogen) atoms. The molecule has 0 fully saturated rings. The third-order valence-electron chi connectivity index (χ3n) is 2.15. The Bertz CT molecular complexity index is 397. The number of nitro groups is 1. The highest BCUT2D eigenvalue weighted by Gasteiger charge is 2.16. The minimum Gasteiger partial charge on any atom is -0.497 e. The molecule has 5 nitrogen and oxygen atoms in total. The highest BCUT2D eigenvalue weighted by atomic mass is 79.9. The van der Waals surface area contributed by atoms with Gasteiger partial charge in [0.05, 0.1) is 18.6 Å². The molecule has 0 radical (unpaired) electrons. The normalized spacial score (nSPS) is 11.9. The average Bonchev–Trinajstić information content (AvgIpc) is 2.35. The fourth-order valence-electron chi connectivity index (χ4n) is 1.16. The second-order valence-corrected chi connectivity index (χ2v) is 4.31. The van der Waals surface area contributed by atoms with E-state index in [1.807, 2.05) is 6.92 Å². The molecule has 0 amide bonds. The van der Waals surface area contributed by atoms with Gasteiger partial charge in [-0.15, -0.1) is 0 Å². The molecule has 0 saturated carbocycles. The monoisotopic (exact) mass is 303 g/mol. The molecule has 1 aromatic carbocycles. The molecule has 0 spiro atoms. The van der Waals surface area contributed by atoms with Gasteiger partial charge < -0.3 is 9.47 Å². The zero-order valence-electron chi connectivity index (χ0n) is 9.68. The van der Waals surface area contributed by atoms with Crippen LogP contribution in [0, 0.1) is 16.0 Å². The van der Waals surface area contributed by atoms with E-state index in [4.69, 9.17) is 9.47 Å². The number of halogens is 1. The molecule has 1 rings (SSSR count). The number of methoxy groups -OCH3 is 1. The van der Waals surface area contributed by atoms with Crippen LogP contribution < -0.4 is 9.47 Å². The highest BCUT2D eigenvalue weighted by Crippen LogP contribution is 2.31. The van der Waals surface area contributed by atoms with Gasteiger partial charge in [-0.05, 0) is 12.0 Å². The maximum absolute atomic E-state index is 10.8. The summed E-state index contributed by atoms with van der Waals surface area (Å²) in [6.07, 6.45) is 0. The number of rotatable bonds is 6. The Kier molecular flexibility index (Phi) is 5.21. The van der Waals surface area contributed by atoms with E-state index in [-0.39, 0.29) is 17.4 Å². The van der Waals surface area contributed by atoms with Crippen LogP contribution in [0.5, 0.6) is 11.5 Å². The van der Waals surface area contributed by atoms with E-state index in [0.29, 0.717) is 12.4 Å². The van der Waals surface area contributed by atoms with E-state index in [1.165, 1.54) is 19.2 Å². The minimum absolute atomic E-state index is 0.0485. The summed E-state index contributed by atoms with van der Waals surface area (Å²) in [4.78, 5) is 10.3. The van der Waals surface area contributed by atoms with Crippen molar-refractivity contribution in [2.24, 2.45) is 5.92 Å². The number of hydrogen-bond acceptors (Lipinski definition) is 4. The van der Waals surface area contributed by atoms with Crippen molar-refractivity contribution in [3.63, 3.8) is 0 Å². The van der Waals surface area contributed by atoms with Gasteiger partial charge in [0.1, 0.15) is 5.75 Å². The van der Waals surface area contributed by atoms with Crippen LogP contribution in [0.3, 0.4) is 0 Å². The summed E-state index contributed by atoms with van der Waals surface area (Å²) in [6, 6.07) is 4.45. The highest BCUT2D eigenvalue weighted by molar-refractivity contribution is 9.09.